The Kier molecular flexibility index (Phi) is 7.27. The molecule has 0 unspecified atom stereocenters. The van der Waals surface area contributed by atoms with Crippen molar-refractivity contribution in [3.63, 3.8) is 0 Å². The second-order valence-corrected chi connectivity index (χ2v) is 15.7. The molecule has 1 aromatic heterocycles. The van der Waals surface area contributed by atoms with E-state index in [0.29, 0.717) is 11.1 Å². The van der Waals surface area contributed by atoms with Crippen molar-refractivity contribution in [2.24, 2.45) is 0 Å². The summed E-state index contributed by atoms with van der Waals surface area (Å²) in [4.78, 5) is 0. The quantitative estimate of drug-likeness (QED) is 0.141. The van der Waals surface area contributed by atoms with Crippen molar-refractivity contribution in [2.45, 2.75) is 0 Å². The maximum Gasteiger partial charge on any atom is 0.180 e. The van der Waals surface area contributed by atoms with E-state index in [0.717, 1.165) is 43.8 Å². The molecule has 0 aliphatic rings. The van der Waals surface area contributed by atoms with Gasteiger partial charge in [-0.05, 0) is 74.3 Å². The van der Waals surface area contributed by atoms with Crippen LogP contribution in [0.1, 0.15) is 11.1 Å². The van der Waals surface area contributed by atoms with Gasteiger partial charge in [0.15, 0.2) is 8.07 Å². The number of hydrogen-bond donors (Lipinski definition) is 0. The third kappa shape index (κ3) is 4.64. The lowest BCUT2D eigenvalue weighted by Gasteiger charge is -2.35. The highest BCUT2D eigenvalue weighted by molar-refractivity contribution is 7.20. The summed E-state index contributed by atoms with van der Waals surface area (Å²) in [5.41, 5.74) is 6.63. The molecule has 0 aliphatic carbocycles. The zero-order chi connectivity index (χ0) is 32.5. The molecule has 0 atom stereocenters. The lowest BCUT2D eigenvalue weighted by Crippen LogP contribution is -2.75. The van der Waals surface area contributed by atoms with Gasteiger partial charge in [0.2, 0.25) is 0 Å². The monoisotopic (exact) mass is 627 g/mol. The van der Waals surface area contributed by atoms with Crippen molar-refractivity contribution in [1.29, 1.82) is 10.5 Å². The van der Waals surface area contributed by atoms with Crippen LogP contribution < -0.4 is 20.7 Å². The average Bonchev–Trinajstić information content (AvgIpc) is 3.50. The summed E-state index contributed by atoms with van der Waals surface area (Å²) in [5.74, 6) is 0. The van der Waals surface area contributed by atoms with Gasteiger partial charge in [-0.25, -0.2) is 0 Å². The summed E-state index contributed by atoms with van der Waals surface area (Å²) >= 11 is 0. The molecule has 7 aromatic carbocycles. The zero-order valence-corrected chi connectivity index (χ0v) is 27.1. The second-order valence-electron chi connectivity index (χ2n) is 12.0. The first-order valence-corrected chi connectivity index (χ1v) is 18.0. The summed E-state index contributed by atoms with van der Waals surface area (Å²) in [6.45, 7) is 0. The van der Waals surface area contributed by atoms with Crippen molar-refractivity contribution in [3.8, 4) is 29.0 Å². The molecule has 0 bridgehead atoms. The highest BCUT2D eigenvalue weighted by Gasteiger charge is 2.43. The highest BCUT2D eigenvalue weighted by Crippen LogP contribution is 2.34. The molecule has 0 amide bonds. The van der Waals surface area contributed by atoms with Gasteiger partial charge >= 0.3 is 0 Å². The molecule has 48 heavy (non-hydrogen) atoms. The molecule has 0 fully saturated rings. The maximum atomic E-state index is 10.6. The third-order valence-corrected chi connectivity index (χ3v) is 14.2. The number of benzene rings is 7. The van der Waals surface area contributed by atoms with Crippen LogP contribution in [0.15, 0.2) is 176 Å². The molecule has 8 aromatic rings. The van der Waals surface area contributed by atoms with Crippen molar-refractivity contribution in [1.82, 2.24) is 4.57 Å². The zero-order valence-electron chi connectivity index (χ0n) is 26.1. The molecule has 0 saturated carbocycles. The van der Waals surface area contributed by atoms with Crippen molar-refractivity contribution in [3.05, 3.63) is 187 Å². The van der Waals surface area contributed by atoms with Crippen molar-refractivity contribution < 1.29 is 0 Å². The molecule has 0 spiro atoms. The van der Waals surface area contributed by atoms with Crippen molar-refractivity contribution in [2.75, 3.05) is 0 Å². The molecule has 0 aliphatic heterocycles. The van der Waals surface area contributed by atoms with Gasteiger partial charge in [-0.3, -0.25) is 0 Å². The summed E-state index contributed by atoms with van der Waals surface area (Å²) in [6, 6.07) is 66.2. The SMILES string of the molecule is N#Cc1ccc2c(c1)c1ccccc1n2-c1cccc(-c2ccc(C#N)c([Si](c3ccccc3)(c3ccccc3)c3ccccc3)c2)c1. The predicted molar refractivity (Wildman–Crippen MR) is 199 cm³/mol. The van der Waals surface area contributed by atoms with Crippen LogP contribution in [-0.4, -0.2) is 12.6 Å². The minimum atomic E-state index is -2.93. The van der Waals surface area contributed by atoms with Crippen LogP contribution in [0, 0.1) is 22.7 Å². The van der Waals surface area contributed by atoms with Gasteiger partial charge in [0.05, 0.1) is 34.3 Å². The van der Waals surface area contributed by atoms with Crippen LogP contribution in [0.3, 0.4) is 0 Å². The Morgan fingerprint density at radius 1 is 0.438 bits per heavy atom. The van der Waals surface area contributed by atoms with Gasteiger partial charge in [-0.2, -0.15) is 10.5 Å². The number of hydrogen-bond acceptors (Lipinski definition) is 2. The van der Waals surface area contributed by atoms with Crippen LogP contribution in [0.5, 0.6) is 0 Å². The lowest BCUT2D eigenvalue weighted by molar-refractivity contribution is 1.18. The maximum absolute atomic E-state index is 10.6. The molecule has 1 heterocycles. The fraction of sp³-hybridized carbons (Fsp3) is 0. The lowest BCUT2D eigenvalue weighted by atomic mass is 10.0. The first-order valence-electron chi connectivity index (χ1n) is 16.0. The number of rotatable bonds is 6. The van der Waals surface area contributed by atoms with Crippen LogP contribution in [-0.2, 0) is 0 Å². The Hall–Kier alpha value is -6.46. The largest absolute Gasteiger partial charge is 0.309 e. The smallest absolute Gasteiger partial charge is 0.180 e. The normalized spacial score (nSPS) is 11.3. The number of aromatic nitrogens is 1. The van der Waals surface area contributed by atoms with E-state index in [1.165, 1.54) is 15.6 Å². The van der Waals surface area contributed by atoms with Gasteiger partial charge < -0.3 is 4.57 Å². The van der Waals surface area contributed by atoms with Crippen LogP contribution in [0.2, 0.25) is 0 Å². The molecule has 8 rings (SSSR count). The van der Waals surface area contributed by atoms with Crippen LogP contribution >= 0.6 is 0 Å². The third-order valence-electron chi connectivity index (χ3n) is 9.40. The van der Waals surface area contributed by atoms with Crippen LogP contribution in [0.25, 0.3) is 38.6 Å². The summed E-state index contributed by atoms with van der Waals surface area (Å²) < 4.78 is 2.27. The number of para-hydroxylation sites is 1. The second kappa shape index (κ2) is 12.0. The molecule has 4 heteroatoms. The number of nitrogens with zero attached hydrogens (tertiary/aromatic N) is 3. The van der Waals surface area contributed by atoms with Gasteiger partial charge in [0.1, 0.15) is 0 Å². The minimum Gasteiger partial charge on any atom is -0.309 e. The van der Waals surface area contributed by atoms with Crippen molar-refractivity contribution >= 4 is 50.6 Å². The Morgan fingerprint density at radius 2 is 1.02 bits per heavy atom. The van der Waals surface area contributed by atoms with E-state index < -0.39 is 8.07 Å². The number of fused-ring (bicyclic) bond motifs is 3. The van der Waals surface area contributed by atoms with E-state index in [4.69, 9.17) is 0 Å². The fourth-order valence-electron chi connectivity index (χ4n) is 7.31. The van der Waals surface area contributed by atoms with E-state index in [1.54, 1.807) is 0 Å². The molecule has 0 radical (unpaired) electrons. The van der Waals surface area contributed by atoms with Gasteiger partial charge in [-0.15, -0.1) is 0 Å². The number of nitriles is 2. The standard InChI is InChI=1S/C44H29N3Si/c45-30-32-23-26-43-41(27-32)40-21-10-11-22-42(40)47(43)36-14-12-13-33(28-36)34-24-25-35(31-46)44(29-34)48(37-15-4-1-5-16-37,38-17-6-2-7-18-38)39-19-8-3-9-20-39/h1-29H. The summed E-state index contributed by atoms with van der Waals surface area (Å²) in [7, 11) is -2.93. The van der Waals surface area contributed by atoms with E-state index in [1.807, 2.05) is 30.3 Å². The van der Waals surface area contributed by atoms with Crippen LogP contribution in [0.4, 0.5) is 0 Å². The Bertz CT molecular complexity index is 2430. The Balaban J connectivity index is 1.38. The molecular weight excluding hydrogens is 599 g/mol. The first kappa shape index (κ1) is 29.0. The van der Waals surface area contributed by atoms with E-state index in [-0.39, 0.29) is 0 Å². The molecular formula is C44H29N3Si. The molecule has 3 nitrogen and oxygen atoms in total. The fourth-order valence-corrected chi connectivity index (χ4v) is 12.2. The van der Waals surface area contributed by atoms with Gasteiger partial charge in [-0.1, -0.05) is 133 Å². The average molecular weight is 628 g/mol. The molecule has 0 N–H and O–H groups in total. The summed E-state index contributed by atoms with van der Waals surface area (Å²) in [5, 5.41) is 27.2. The van der Waals surface area contributed by atoms with Gasteiger partial charge in [0, 0.05) is 16.5 Å². The van der Waals surface area contributed by atoms with E-state index in [9.17, 15) is 10.5 Å². The van der Waals surface area contributed by atoms with E-state index in [2.05, 4.69) is 162 Å². The molecule has 0 saturated heterocycles. The highest BCUT2D eigenvalue weighted by atomic mass is 28.3. The minimum absolute atomic E-state index is 0.646. The predicted octanol–water partition coefficient (Wildman–Crippen LogP) is 7.57. The Morgan fingerprint density at radius 3 is 1.65 bits per heavy atom. The van der Waals surface area contributed by atoms with Gasteiger partial charge in [0.25, 0.3) is 0 Å². The topological polar surface area (TPSA) is 52.5 Å². The molecule has 224 valence electrons. The Labute approximate surface area is 280 Å². The summed E-state index contributed by atoms with van der Waals surface area (Å²) in [6.07, 6.45) is 0. The van der Waals surface area contributed by atoms with E-state index >= 15 is 0 Å². The first-order chi connectivity index (χ1) is 23.7.